The number of aromatic hydroxyl groups is 1. The fraction of sp³-hybridized carbons (Fsp3) is 0.423. The molecule has 0 bridgehead atoms. The van der Waals surface area contributed by atoms with Crippen LogP contribution in [-0.4, -0.2) is 72.3 Å². The van der Waals surface area contributed by atoms with Gasteiger partial charge in [0.25, 0.3) is 5.91 Å². The van der Waals surface area contributed by atoms with Crippen molar-refractivity contribution in [2.75, 3.05) is 27.3 Å². The first-order valence-corrected chi connectivity index (χ1v) is 11.4. The van der Waals surface area contributed by atoms with Crippen LogP contribution in [0.5, 0.6) is 17.2 Å². The molecule has 2 aromatic rings. The molecule has 0 aliphatic carbocycles. The molecule has 2 aromatic carbocycles. The van der Waals surface area contributed by atoms with Gasteiger partial charge in [-0.2, -0.15) is 5.10 Å². The molecule has 2 aliphatic heterocycles. The van der Waals surface area contributed by atoms with Gasteiger partial charge in [0, 0.05) is 24.1 Å². The first-order valence-electron chi connectivity index (χ1n) is 11.4. The maximum atomic E-state index is 12.9. The number of carbonyl (C=O) groups is 2. The number of benzene rings is 2. The number of para-hydroxylation sites is 1. The zero-order valence-electron chi connectivity index (χ0n) is 20.0. The number of phenols is 1. The minimum Gasteiger partial charge on any atom is -0.507 e. The summed E-state index contributed by atoms with van der Waals surface area (Å²) in [6.07, 6.45) is 2.34. The monoisotopic (exact) mass is 465 g/mol. The van der Waals surface area contributed by atoms with Crippen LogP contribution in [0.2, 0.25) is 0 Å². The van der Waals surface area contributed by atoms with Crippen molar-refractivity contribution in [3.8, 4) is 17.2 Å². The lowest BCUT2D eigenvalue weighted by Crippen LogP contribution is -2.50. The maximum absolute atomic E-state index is 12.9. The van der Waals surface area contributed by atoms with E-state index in [0.717, 1.165) is 17.6 Å². The second-order valence-electron chi connectivity index (χ2n) is 9.24. The Hall–Kier alpha value is -3.55. The minimum absolute atomic E-state index is 0.0129. The molecule has 2 heterocycles. The van der Waals surface area contributed by atoms with Crippen molar-refractivity contribution in [1.29, 1.82) is 0 Å². The number of hydrogen-bond donors (Lipinski definition) is 1. The van der Waals surface area contributed by atoms with E-state index in [9.17, 15) is 14.7 Å². The number of amides is 1. The lowest BCUT2D eigenvalue weighted by molar-refractivity contribution is -0.115. The number of hydrazone groups is 1. The Balaban J connectivity index is 1.55. The topological polar surface area (TPSA) is 91.7 Å². The van der Waals surface area contributed by atoms with Gasteiger partial charge in [0.15, 0.2) is 11.5 Å². The molecular formula is C26H31N3O5. The maximum Gasteiger partial charge on any atom is 0.257 e. The second-order valence-corrected chi connectivity index (χ2v) is 9.24. The van der Waals surface area contributed by atoms with Gasteiger partial charge in [-0.1, -0.05) is 26.0 Å². The Bertz CT molecular complexity index is 1110. The quantitative estimate of drug-likeness (QED) is 0.658. The van der Waals surface area contributed by atoms with E-state index in [-0.39, 0.29) is 17.7 Å². The number of methoxy groups -OCH3 is 2. The number of nitrogens with zero attached hydrogens (tertiary/aromatic N) is 3. The lowest BCUT2D eigenvalue weighted by Gasteiger charge is -2.39. The molecule has 1 saturated heterocycles. The summed E-state index contributed by atoms with van der Waals surface area (Å²) in [5.74, 6) is 1.05. The first-order chi connectivity index (χ1) is 16.3. The van der Waals surface area contributed by atoms with Gasteiger partial charge in [0.1, 0.15) is 18.1 Å². The van der Waals surface area contributed by atoms with Crippen LogP contribution in [0.3, 0.4) is 0 Å². The minimum atomic E-state index is -0.510. The highest BCUT2D eigenvalue weighted by Crippen LogP contribution is 2.40. The molecule has 180 valence electrons. The van der Waals surface area contributed by atoms with Crippen LogP contribution < -0.4 is 9.47 Å². The van der Waals surface area contributed by atoms with Crippen LogP contribution in [0, 0.1) is 5.41 Å². The Morgan fingerprint density at radius 2 is 1.76 bits per heavy atom. The van der Waals surface area contributed by atoms with Crippen LogP contribution in [0.15, 0.2) is 47.6 Å². The molecule has 1 atom stereocenters. The smallest absolute Gasteiger partial charge is 0.257 e. The van der Waals surface area contributed by atoms with E-state index in [2.05, 4.69) is 0 Å². The van der Waals surface area contributed by atoms with Crippen molar-refractivity contribution < 1.29 is 24.2 Å². The third-order valence-corrected chi connectivity index (χ3v) is 6.90. The van der Waals surface area contributed by atoms with Crippen LogP contribution in [0.4, 0.5) is 0 Å². The lowest BCUT2D eigenvalue weighted by atomic mass is 9.78. The number of hydrogen-bond acceptors (Lipinski definition) is 7. The summed E-state index contributed by atoms with van der Waals surface area (Å²) in [6, 6.07) is 11.9. The first kappa shape index (κ1) is 23.6. The van der Waals surface area contributed by atoms with Gasteiger partial charge >= 0.3 is 0 Å². The predicted molar refractivity (Wildman–Crippen MR) is 129 cm³/mol. The average Bonchev–Trinajstić information content (AvgIpc) is 3.13. The molecule has 8 nitrogen and oxygen atoms in total. The number of rotatable bonds is 6. The SMILES string of the molecule is COc1ccc(C2=NN(C3CCN(C(=O)c4ccccc4O)CC3)C(C=O)C2(C)C)cc1OC. The van der Waals surface area contributed by atoms with Crippen LogP contribution >= 0.6 is 0 Å². The fourth-order valence-corrected chi connectivity index (χ4v) is 4.89. The van der Waals surface area contributed by atoms with E-state index in [1.807, 2.05) is 37.1 Å². The molecule has 34 heavy (non-hydrogen) atoms. The van der Waals surface area contributed by atoms with Crippen molar-refractivity contribution in [3.63, 3.8) is 0 Å². The Morgan fingerprint density at radius 1 is 1.09 bits per heavy atom. The third-order valence-electron chi connectivity index (χ3n) is 6.90. The molecule has 1 N–H and O–H groups in total. The van der Waals surface area contributed by atoms with E-state index in [1.54, 1.807) is 37.3 Å². The fourth-order valence-electron chi connectivity index (χ4n) is 4.89. The predicted octanol–water partition coefficient (Wildman–Crippen LogP) is 3.33. The van der Waals surface area contributed by atoms with Gasteiger partial charge < -0.3 is 24.3 Å². The van der Waals surface area contributed by atoms with Crippen molar-refractivity contribution in [2.45, 2.75) is 38.8 Å². The second kappa shape index (κ2) is 9.37. The molecule has 1 fully saturated rings. The van der Waals surface area contributed by atoms with E-state index < -0.39 is 11.5 Å². The molecule has 1 amide bonds. The van der Waals surface area contributed by atoms with Crippen molar-refractivity contribution in [1.82, 2.24) is 9.91 Å². The number of phenolic OH excluding ortho intramolecular Hbond substituents is 1. The zero-order valence-corrected chi connectivity index (χ0v) is 20.0. The van der Waals surface area contributed by atoms with Gasteiger partial charge in [-0.15, -0.1) is 0 Å². The van der Waals surface area contributed by atoms with Crippen molar-refractivity contribution in [3.05, 3.63) is 53.6 Å². The van der Waals surface area contributed by atoms with Crippen molar-refractivity contribution >= 4 is 17.9 Å². The van der Waals surface area contributed by atoms with Gasteiger partial charge in [-0.25, -0.2) is 0 Å². The molecule has 0 spiro atoms. The normalized spacial score (nSPS) is 20.1. The molecule has 4 rings (SSSR count). The Kier molecular flexibility index (Phi) is 6.50. The number of carbonyl (C=O) groups excluding carboxylic acids is 2. The summed E-state index contributed by atoms with van der Waals surface area (Å²) < 4.78 is 10.8. The molecule has 0 aromatic heterocycles. The van der Waals surface area contributed by atoms with E-state index in [0.29, 0.717) is 43.0 Å². The molecule has 1 unspecified atom stereocenters. The van der Waals surface area contributed by atoms with Gasteiger partial charge in [0.2, 0.25) is 0 Å². The Morgan fingerprint density at radius 3 is 2.38 bits per heavy atom. The number of piperidine rings is 1. The molecule has 0 radical (unpaired) electrons. The molecule has 0 saturated carbocycles. The molecule has 8 heteroatoms. The summed E-state index contributed by atoms with van der Waals surface area (Å²) >= 11 is 0. The van der Waals surface area contributed by atoms with Gasteiger partial charge in [-0.3, -0.25) is 9.80 Å². The Labute approximate surface area is 199 Å². The highest BCUT2D eigenvalue weighted by molar-refractivity contribution is 6.07. The van der Waals surface area contributed by atoms with Gasteiger partial charge in [-0.05, 0) is 43.2 Å². The summed E-state index contributed by atoms with van der Waals surface area (Å²) in [6.45, 7) is 5.11. The van der Waals surface area contributed by atoms with E-state index >= 15 is 0 Å². The highest BCUT2D eigenvalue weighted by atomic mass is 16.5. The average molecular weight is 466 g/mol. The molecule has 2 aliphatic rings. The highest BCUT2D eigenvalue weighted by Gasteiger charge is 2.47. The summed E-state index contributed by atoms with van der Waals surface area (Å²) in [4.78, 5) is 26.8. The van der Waals surface area contributed by atoms with E-state index in [1.165, 1.54) is 6.07 Å². The van der Waals surface area contributed by atoms with Crippen LogP contribution in [0.25, 0.3) is 0 Å². The number of aldehydes is 1. The summed E-state index contributed by atoms with van der Waals surface area (Å²) in [5, 5.41) is 16.9. The third kappa shape index (κ3) is 4.08. The summed E-state index contributed by atoms with van der Waals surface area (Å²) in [7, 11) is 3.18. The van der Waals surface area contributed by atoms with Crippen molar-refractivity contribution in [2.24, 2.45) is 10.5 Å². The van der Waals surface area contributed by atoms with Crippen LogP contribution in [0.1, 0.15) is 42.6 Å². The van der Waals surface area contributed by atoms with E-state index in [4.69, 9.17) is 14.6 Å². The largest absolute Gasteiger partial charge is 0.507 e. The molecular weight excluding hydrogens is 434 g/mol. The van der Waals surface area contributed by atoms with Crippen LogP contribution in [-0.2, 0) is 4.79 Å². The van der Waals surface area contributed by atoms with Gasteiger partial charge in [0.05, 0.1) is 31.5 Å². The zero-order chi connectivity index (χ0) is 24.5. The number of ether oxygens (including phenoxy) is 2. The standard InChI is InChI=1S/C26H31N3O5/c1-26(2)23(16-30)29(27-24(26)17-9-10-21(33-3)22(15-17)34-4)18-11-13-28(14-12-18)25(32)19-7-5-6-8-20(19)31/h5-10,15-16,18,23,31H,11-14H2,1-4H3. The summed E-state index contributed by atoms with van der Waals surface area (Å²) in [5.41, 5.74) is 1.50. The number of likely N-dealkylation sites (tertiary alicyclic amines) is 1.